The van der Waals surface area contributed by atoms with Crippen LogP contribution in [0, 0.1) is 0 Å². The maximum absolute atomic E-state index is 9.94. The lowest BCUT2D eigenvalue weighted by atomic mass is 9.81. The summed E-state index contributed by atoms with van der Waals surface area (Å²) in [6, 6.07) is 3.20. The van der Waals surface area contributed by atoms with Crippen molar-refractivity contribution in [3.8, 4) is 5.75 Å². The van der Waals surface area contributed by atoms with E-state index in [4.69, 9.17) is 23.2 Å². The van der Waals surface area contributed by atoms with Crippen molar-refractivity contribution in [1.29, 1.82) is 0 Å². The van der Waals surface area contributed by atoms with E-state index in [2.05, 4.69) is 24.0 Å². The van der Waals surface area contributed by atoms with Crippen molar-refractivity contribution in [2.75, 3.05) is 20.6 Å². The van der Waals surface area contributed by atoms with Gasteiger partial charge in [0.15, 0.2) is 0 Å². The number of halogens is 2. The van der Waals surface area contributed by atoms with Crippen LogP contribution in [0.15, 0.2) is 17.1 Å². The van der Waals surface area contributed by atoms with Crippen LogP contribution in [0.1, 0.15) is 37.7 Å². The summed E-state index contributed by atoms with van der Waals surface area (Å²) in [4.78, 5) is 6.84. The molecule has 116 valence electrons. The third kappa shape index (κ3) is 3.91. The zero-order valence-corrected chi connectivity index (χ0v) is 14.1. The van der Waals surface area contributed by atoms with Crippen LogP contribution >= 0.6 is 23.2 Å². The average molecular weight is 329 g/mol. The van der Waals surface area contributed by atoms with Gasteiger partial charge in [-0.25, -0.2) is 0 Å². The number of phenols is 1. The normalized spacial score (nSPS) is 18.5. The number of likely N-dealkylation sites (N-methyl/N-ethyl adjacent to an activating group) is 1. The molecule has 0 aromatic heterocycles. The molecule has 0 amide bonds. The van der Waals surface area contributed by atoms with E-state index < -0.39 is 0 Å². The fourth-order valence-corrected chi connectivity index (χ4v) is 3.46. The number of nitrogens with zero attached hydrogens (tertiary/aromatic N) is 2. The lowest BCUT2D eigenvalue weighted by molar-refractivity contribution is 0.110. The van der Waals surface area contributed by atoms with Crippen LogP contribution in [0.25, 0.3) is 0 Å². The van der Waals surface area contributed by atoms with E-state index in [0.717, 1.165) is 6.54 Å². The second kappa shape index (κ2) is 6.99. The van der Waals surface area contributed by atoms with Gasteiger partial charge < -0.3 is 10.0 Å². The standard InChI is InChI=1S/C16H22Cl2N2O/c1-20(2)16(6-4-3-5-7-16)11-19-10-12-8-13(17)9-14(18)15(12)21/h8-10,21H,3-7,11H2,1-2H3. The number of hydrogen-bond donors (Lipinski definition) is 1. The Bertz CT molecular complexity index is 523. The Morgan fingerprint density at radius 3 is 2.52 bits per heavy atom. The van der Waals surface area contributed by atoms with Crippen molar-refractivity contribution in [1.82, 2.24) is 4.90 Å². The van der Waals surface area contributed by atoms with Crippen molar-refractivity contribution >= 4 is 29.4 Å². The minimum atomic E-state index is 0.0346. The summed E-state index contributed by atoms with van der Waals surface area (Å²) in [5.41, 5.74) is 0.699. The van der Waals surface area contributed by atoms with E-state index in [9.17, 15) is 5.11 Å². The maximum Gasteiger partial charge on any atom is 0.143 e. The summed E-state index contributed by atoms with van der Waals surface area (Å²) >= 11 is 11.9. The minimum Gasteiger partial charge on any atom is -0.506 e. The van der Waals surface area contributed by atoms with E-state index >= 15 is 0 Å². The minimum absolute atomic E-state index is 0.0346. The van der Waals surface area contributed by atoms with Gasteiger partial charge in [0.1, 0.15) is 5.75 Å². The molecule has 1 aliphatic rings. The number of phenolic OH excluding ortho intramolecular Hbond substituents is 1. The van der Waals surface area contributed by atoms with E-state index in [1.807, 2.05) is 0 Å². The van der Waals surface area contributed by atoms with Crippen molar-refractivity contribution in [2.45, 2.75) is 37.6 Å². The van der Waals surface area contributed by atoms with Crippen LogP contribution in [-0.4, -0.2) is 42.4 Å². The van der Waals surface area contributed by atoms with Crippen molar-refractivity contribution in [3.63, 3.8) is 0 Å². The smallest absolute Gasteiger partial charge is 0.143 e. The molecular formula is C16H22Cl2N2O. The molecule has 1 aromatic carbocycles. The number of benzene rings is 1. The van der Waals surface area contributed by atoms with Crippen molar-refractivity contribution in [3.05, 3.63) is 27.7 Å². The maximum atomic E-state index is 9.94. The fraction of sp³-hybridized carbons (Fsp3) is 0.562. The number of hydrogen-bond acceptors (Lipinski definition) is 3. The molecule has 0 spiro atoms. The Balaban J connectivity index is 2.14. The molecule has 0 atom stereocenters. The van der Waals surface area contributed by atoms with Crippen LogP contribution in [0.3, 0.4) is 0 Å². The van der Waals surface area contributed by atoms with Gasteiger partial charge in [-0.2, -0.15) is 0 Å². The molecule has 1 saturated carbocycles. The van der Waals surface area contributed by atoms with Gasteiger partial charge in [0.05, 0.1) is 11.6 Å². The summed E-state index contributed by atoms with van der Waals surface area (Å²) in [5, 5.41) is 10.7. The first kappa shape index (κ1) is 16.6. The molecule has 0 radical (unpaired) electrons. The van der Waals surface area contributed by atoms with Crippen LogP contribution in [0.5, 0.6) is 5.75 Å². The number of rotatable bonds is 4. The van der Waals surface area contributed by atoms with E-state index in [-0.39, 0.29) is 16.3 Å². The van der Waals surface area contributed by atoms with Crippen LogP contribution in [0.4, 0.5) is 0 Å². The Morgan fingerprint density at radius 1 is 1.24 bits per heavy atom. The predicted octanol–water partition coefficient (Wildman–Crippen LogP) is 4.38. The molecular weight excluding hydrogens is 307 g/mol. The molecule has 21 heavy (non-hydrogen) atoms. The molecule has 1 fully saturated rings. The molecule has 2 rings (SSSR count). The van der Waals surface area contributed by atoms with Gasteiger partial charge in [0.2, 0.25) is 0 Å². The first-order valence-electron chi connectivity index (χ1n) is 7.30. The zero-order valence-electron chi connectivity index (χ0n) is 12.6. The lowest BCUT2D eigenvalue weighted by Gasteiger charge is -2.41. The lowest BCUT2D eigenvalue weighted by Crippen LogP contribution is -2.48. The monoisotopic (exact) mass is 328 g/mol. The number of aromatic hydroxyl groups is 1. The number of aliphatic imine (C=N–C) groups is 1. The summed E-state index contributed by atoms with van der Waals surface area (Å²) in [5.74, 6) is 0.0346. The molecule has 0 unspecified atom stereocenters. The van der Waals surface area contributed by atoms with Crippen molar-refractivity contribution in [2.24, 2.45) is 4.99 Å². The van der Waals surface area contributed by atoms with Gasteiger partial charge in [-0.15, -0.1) is 0 Å². The second-order valence-corrected chi connectivity index (χ2v) is 6.82. The van der Waals surface area contributed by atoms with E-state index in [0.29, 0.717) is 10.6 Å². The average Bonchev–Trinajstić information content (AvgIpc) is 2.45. The molecule has 3 nitrogen and oxygen atoms in total. The van der Waals surface area contributed by atoms with Gasteiger partial charge >= 0.3 is 0 Å². The largest absolute Gasteiger partial charge is 0.506 e. The summed E-state index contributed by atoms with van der Waals surface area (Å²) < 4.78 is 0. The summed E-state index contributed by atoms with van der Waals surface area (Å²) in [6.07, 6.45) is 7.82. The molecule has 1 aliphatic carbocycles. The fourth-order valence-electron chi connectivity index (χ4n) is 2.95. The first-order valence-corrected chi connectivity index (χ1v) is 8.05. The van der Waals surface area contributed by atoms with Gasteiger partial charge in [-0.3, -0.25) is 4.99 Å². The zero-order chi connectivity index (χ0) is 15.5. The highest BCUT2D eigenvalue weighted by Gasteiger charge is 2.33. The first-order chi connectivity index (χ1) is 9.94. The molecule has 1 N–H and O–H groups in total. The molecule has 0 bridgehead atoms. The molecule has 0 heterocycles. The topological polar surface area (TPSA) is 35.8 Å². The third-order valence-electron chi connectivity index (χ3n) is 4.41. The SMILES string of the molecule is CN(C)C1(CN=Cc2cc(Cl)cc(Cl)c2O)CCCCC1. The van der Waals surface area contributed by atoms with Crippen LogP contribution in [0.2, 0.25) is 10.0 Å². The van der Waals surface area contributed by atoms with Gasteiger partial charge in [0.25, 0.3) is 0 Å². The molecule has 1 aromatic rings. The van der Waals surface area contributed by atoms with Gasteiger partial charge in [-0.1, -0.05) is 42.5 Å². The third-order valence-corrected chi connectivity index (χ3v) is 4.91. The molecule has 5 heteroatoms. The summed E-state index contributed by atoms with van der Waals surface area (Å²) in [7, 11) is 4.24. The Labute approximate surface area is 136 Å². The van der Waals surface area contributed by atoms with Crippen molar-refractivity contribution < 1.29 is 5.11 Å². The van der Waals surface area contributed by atoms with Gasteiger partial charge in [0, 0.05) is 22.3 Å². The van der Waals surface area contributed by atoms with Gasteiger partial charge in [-0.05, 0) is 39.1 Å². The highest BCUT2D eigenvalue weighted by atomic mass is 35.5. The Hall–Kier alpha value is -0.770. The summed E-state index contributed by atoms with van der Waals surface area (Å²) in [6.45, 7) is 0.726. The second-order valence-electron chi connectivity index (χ2n) is 5.97. The molecule has 0 saturated heterocycles. The Kier molecular flexibility index (Phi) is 5.53. The highest BCUT2D eigenvalue weighted by Crippen LogP contribution is 2.33. The molecule has 0 aliphatic heterocycles. The van der Waals surface area contributed by atoms with Crippen LogP contribution in [-0.2, 0) is 0 Å². The quantitative estimate of drug-likeness (QED) is 0.832. The van der Waals surface area contributed by atoms with Crippen LogP contribution < -0.4 is 0 Å². The van der Waals surface area contributed by atoms with E-state index in [1.54, 1.807) is 12.3 Å². The predicted molar refractivity (Wildman–Crippen MR) is 90.1 cm³/mol. The highest BCUT2D eigenvalue weighted by molar-refractivity contribution is 6.36. The van der Waals surface area contributed by atoms with E-state index in [1.165, 1.54) is 38.2 Å². The Morgan fingerprint density at radius 2 is 1.90 bits per heavy atom.